The van der Waals surface area contributed by atoms with Crippen molar-refractivity contribution in [3.63, 3.8) is 0 Å². The molecule has 0 atom stereocenters. The Morgan fingerprint density at radius 2 is 2.00 bits per heavy atom. The lowest BCUT2D eigenvalue weighted by Gasteiger charge is -2.02. The first-order chi connectivity index (χ1) is 8.33. The largest absolute Gasteiger partial charge is 0.350 e. The topological polar surface area (TPSA) is 44.9 Å². The highest BCUT2D eigenvalue weighted by Crippen LogP contribution is 2.21. The molecular weight excluding hydrogens is 232 g/mol. The molecule has 1 aromatic carbocycles. The minimum atomic E-state index is -0.111. The molecule has 0 aliphatic heterocycles. The number of hydrogen-bond acceptors (Lipinski definition) is 2. The quantitative estimate of drug-likeness (QED) is 0.710. The van der Waals surface area contributed by atoms with E-state index in [0.29, 0.717) is 5.69 Å². The number of benzene rings is 1. The maximum Gasteiger partial charge on any atom is 0.272 e. The Labute approximate surface area is 102 Å². The Hall–Kier alpha value is -2.07. The molecule has 0 fully saturated rings. The first kappa shape index (κ1) is 10.1. The van der Waals surface area contributed by atoms with Crippen LogP contribution in [0.15, 0.2) is 47.8 Å². The highest BCUT2D eigenvalue weighted by atomic mass is 32.1. The lowest BCUT2D eigenvalue weighted by atomic mass is 10.3. The van der Waals surface area contributed by atoms with E-state index < -0.39 is 0 Å². The molecule has 3 aromatic rings. The number of anilines is 1. The summed E-state index contributed by atoms with van der Waals surface area (Å²) in [6.07, 6.45) is 0. The van der Waals surface area contributed by atoms with Gasteiger partial charge in [0.05, 0.1) is 10.2 Å². The third-order valence-electron chi connectivity index (χ3n) is 2.52. The van der Waals surface area contributed by atoms with Crippen LogP contribution in [-0.4, -0.2) is 10.9 Å². The number of nitrogens with one attached hydrogen (secondary N) is 2. The number of carbonyl (C=O) groups is 1. The van der Waals surface area contributed by atoms with Crippen LogP contribution >= 0.6 is 11.3 Å². The predicted octanol–water partition coefficient (Wildman–Crippen LogP) is 3.48. The van der Waals surface area contributed by atoms with Gasteiger partial charge in [0, 0.05) is 5.69 Å². The maximum absolute atomic E-state index is 11.9. The second-order valence-corrected chi connectivity index (χ2v) is 4.65. The first-order valence-corrected chi connectivity index (χ1v) is 6.13. The van der Waals surface area contributed by atoms with Gasteiger partial charge in [-0.1, -0.05) is 18.2 Å². The van der Waals surface area contributed by atoms with Crippen LogP contribution in [0.3, 0.4) is 0 Å². The number of rotatable bonds is 2. The fourth-order valence-electron chi connectivity index (χ4n) is 1.69. The summed E-state index contributed by atoms with van der Waals surface area (Å²) in [5, 5.41) is 4.84. The van der Waals surface area contributed by atoms with E-state index >= 15 is 0 Å². The fraction of sp³-hybridized carbons (Fsp3) is 0. The molecule has 2 N–H and O–H groups in total. The van der Waals surface area contributed by atoms with E-state index in [2.05, 4.69) is 10.3 Å². The van der Waals surface area contributed by atoms with E-state index in [0.717, 1.165) is 15.9 Å². The molecule has 3 rings (SSSR count). The van der Waals surface area contributed by atoms with Crippen molar-refractivity contribution in [1.82, 2.24) is 4.98 Å². The molecule has 0 bridgehead atoms. The minimum absolute atomic E-state index is 0.111. The maximum atomic E-state index is 11.9. The van der Waals surface area contributed by atoms with Gasteiger partial charge in [-0.3, -0.25) is 4.79 Å². The smallest absolute Gasteiger partial charge is 0.272 e. The average Bonchev–Trinajstić information content (AvgIpc) is 2.90. The fourth-order valence-corrected chi connectivity index (χ4v) is 2.47. The molecule has 0 aliphatic rings. The molecular formula is C13H10N2OS. The zero-order valence-corrected chi connectivity index (χ0v) is 9.75. The Balaban J connectivity index is 1.85. The van der Waals surface area contributed by atoms with E-state index in [1.165, 1.54) is 0 Å². The molecule has 2 heterocycles. The van der Waals surface area contributed by atoms with Crippen LogP contribution in [0, 0.1) is 0 Å². The van der Waals surface area contributed by atoms with Crippen molar-refractivity contribution in [3.05, 3.63) is 53.5 Å². The van der Waals surface area contributed by atoms with Crippen molar-refractivity contribution >= 4 is 33.1 Å². The van der Waals surface area contributed by atoms with E-state index in [1.54, 1.807) is 11.3 Å². The number of carbonyl (C=O) groups excluding carboxylic acids is 1. The third kappa shape index (κ3) is 1.94. The van der Waals surface area contributed by atoms with Crippen molar-refractivity contribution < 1.29 is 4.79 Å². The summed E-state index contributed by atoms with van der Waals surface area (Å²) in [5.74, 6) is -0.111. The van der Waals surface area contributed by atoms with Crippen LogP contribution in [0.4, 0.5) is 5.69 Å². The van der Waals surface area contributed by atoms with Crippen LogP contribution < -0.4 is 5.32 Å². The molecule has 0 spiro atoms. The van der Waals surface area contributed by atoms with Gasteiger partial charge in [0.25, 0.3) is 5.91 Å². The molecule has 0 unspecified atom stereocenters. The number of aromatic amines is 1. The zero-order valence-electron chi connectivity index (χ0n) is 8.94. The van der Waals surface area contributed by atoms with Crippen LogP contribution in [0.25, 0.3) is 10.2 Å². The summed E-state index contributed by atoms with van der Waals surface area (Å²) in [6.45, 7) is 0. The number of H-pyrrole nitrogens is 1. The van der Waals surface area contributed by atoms with E-state index in [1.807, 2.05) is 47.8 Å². The van der Waals surface area contributed by atoms with E-state index in [9.17, 15) is 4.79 Å². The molecule has 17 heavy (non-hydrogen) atoms. The number of aromatic nitrogens is 1. The van der Waals surface area contributed by atoms with Gasteiger partial charge in [-0.05, 0) is 29.6 Å². The highest BCUT2D eigenvalue weighted by molar-refractivity contribution is 7.17. The minimum Gasteiger partial charge on any atom is -0.350 e. The number of amides is 1. The SMILES string of the molecule is O=C(Nc1ccccc1)c1cc2sccc2[nH]1. The van der Waals surface area contributed by atoms with Gasteiger partial charge in [-0.25, -0.2) is 0 Å². The zero-order chi connectivity index (χ0) is 11.7. The van der Waals surface area contributed by atoms with Gasteiger partial charge in [0.2, 0.25) is 0 Å². The number of thiophene rings is 1. The van der Waals surface area contributed by atoms with Gasteiger partial charge in [-0.2, -0.15) is 0 Å². The first-order valence-electron chi connectivity index (χ1n) is 5.25. The monoisotopic (exact) mass is 242 g/mol. The molecule has 0 aliphatic carbocycles. The van der Waals surface area contributed by atoms with Crippen molar-refractivity contribution in [2.24, 2.45) is 0 Å². The number of para-hydroxylation sites is 1. The molecule has 2 aromatic heterocycles. The average molecular weight is 242 g/mol. The van der Waals surface area contributed by atoms with Gasteiger partial charge in [0.1, 0.15) is 5.69 Å². The molecule has 0 saturated carbocycles. The summed E-state index contributed by atoms with van der Waals surface area (Å²) in [7, 11) is 0. The van der Waals surface area contributed by atoms with Crippen LogP contribution in [-0.2, 0) is 0 Å². The highest BCUT2D eigenvalue weighted by Gasteiger charge is 2.09. The molecule has 0 radical (unpaired) electrons. The van der Waals surface area contributed by atoms with Crippen molar-refractivity contribution in [2.45, 2.75) is 0 Å². The van der Waals surface area contributed by atoms with Gasteiger partial charge in [-0.15, -0.1) is 11.3 Å². The molecule has 84 valence electrons. The lowest BCUT2D eigenvalue weighted by Crippen LogP contribution is -2.11. The second-order valence-electron chi connectivity index (χ2n) is 3.70. The Bertz CT molecular complexity index is 626. The summed E-state index contributed by atoms with van der Waals surface area (Å²) in [4.78, 5) is 15.0. The van der Waals surface area contributed by atoms with Crippen molar-refractivity contribution in [2.75, 3.05) is 5.32 Å². The van der Waals surface area contributed by atoms with Crippen molar-refractivity contribution in [1.29, 1.82) is 0 Å². The van der Waals surface area contributed by atoms with Crippen LogP contribution in [0.5, 0.6) is 0 Å². The van der Waals surface area contributed by atoms with E-state index in [-0.39, 0.29) is 5.91 Å². The standard InChI is InChI=1S/C13H10N2OS/c16-13(14-9-4-2-1-3-5-9)11-8-12-10(15-11)6-7-17-12/h1-8,15H,(H,14,16). The number of hydrogen-bond donors (Lipinski definition) is 2. The normalized spacial score (nSPS) is 10.6. The molecule has 0 saturated heterocycles. The summed E-state index contributed by atoms with van der Waals surface area (Å²) in [5.41, 5.74) is 2.40. The second kappa shape index (κ2) is 4.07. The third-order valence-corrected chi connectivity index (χ3v) is 3.38. The van der Waals surface area contributed by atoms with Crippen molar-refractivity contribution in [3.8, 4) is 0 Å². The summed E-state index contributed by atoms with van der Waals surface area (Å²) >= 11 is 1.62. The van der Waals surface area contributed by atoms with Gasteiger partial charge >= 0.3 is 0 Å². The van der Waals surface area contributed by atoms with Gasteiger partial charge < -0.3 is 10.3 Å². The van der Waals surface area contributed by atoms with E-state index in [4.69, 9.17) is 0 Å². The summed E-state index contributed by atoms with van der Waals surface area (Å²) < 4.78 is 1.10. The van der Waals surface area contributed by atoms with Crippen LogP contribution in [0.1, 0.15) is 10.5 Å². The predicted molar refractivity (Wildman–Crippen MR) is 70.6 cm³/mol. The number of fused-ring (bicyclic) bond motifs is 1. The van der Waals surface area contributed by atoms with Crippen LogP contribution in [0.2, 0.25) is 0 Å². The lowest BCUT2D eigenvalue weighted by molar-refractivity contribution is 0.102. The summed E-state index contributed by atoms with van der Waals surface area (Å²) in [6, 6.07) is 13.3. The Kier molecular flexibility index (Phi) is 2.42. The van der Waals surface area contributed by atoms with Gasteiger partial charge in [0.15, 0.2) is 0 Å². The molecule has 1 amide bonds. The Morgan fingerprint density at radius 1 is 1.18 bits per heavy atom. The molecule has 3 nitrogen and oxygen atoms in total. The Morgan fingerprint density at radius 3 is 2.76 bits per heavy atom. The molecule has 4 heteroatoms.